The van der Waals surface area contributed by atoms with E-state index in [1.54, 1.807) is 30.7 Å². The number of carbonyl (C=O) groups excluding carboxylic acids is 3. The molecule has 29 heavy (non-hydrogen) atoms. The molecule has 2 N–H and O–H groups in total. The summed E-state index contributed by atoms with van der Waals surface area (Å²) in [6.45, 7) is 1.97. The largest absolute Gasteiger partial charge is 0.355 e. The summed E-state index contributed by atoms with van der Waals surface area (Å²) in [7, 11) is 0. The molecule has 1 unspecified atom stereocenters. The molecule has 1 saturated carbocycles. The van der Waals surface area contributed by atoms with Crippen LogP contribution in [-0.4, -0.2) is 51.3 Å². The molecular formula is C20H23N5O3S. The van der Waals surface area contributed by atoms with Crippen molar-refractivity contribution in [3.05, 3.63) is 34.9 Å². The molecule has 4 amide bonds. The van der Waals surface area contributed by atoms with Crippen LogP contribution in [0, 0.1) is 5.92 Å². The van der Waals surface area contributed by atoms with Gasteiger partial charge in [0.1, 0.15) is 12.1 Å². The van der Waals surface area contributed by atoms with Crippen LogP contribution in [0.2, 0.25) is 0 Å². The minimum absolute atomic E-state index is 0.183. The lowest BCUT2D eigenvalue weighted by Gasteiger charge is -2.20. The van der Waals surface area contributed by atoms with Gasteiger partial charge in [-0.05, 0) is 44.2 Å². The summed E-state index contributed by atoms with van der Waals surface area (Å²) in [6.07, 6.45) is 6.82. The number of pyridine rings is 1. The van der Waals surface area contributed by atoms with E-state index in [0.29, 0.717) is 6.54 Å². The SMILES string of the molecule is CC1(C2CC2)NC(=O)N(CC(=O)NCCCc2nc(-c3ccncc3)cs2)C1=O. The van der Waals surface area contributed by atoms with Crippen molar-refractivity contribution in [2.45, 2.75) is 38.1 Å². The van der Waals surface area contributed by atoms with E-state index in [9.17, 15) is 14.4 Å². The van der Waals surface area contributed by atoms with Gasteiger partial charge in [-0.3, -0.25) is 19.5 Å². The molecule has 8 nitrogen and oxygen atoms in total. The van der Waals surface area contributed by atoms with Gasteiger partial charge in [-0.15, -0.1) is 11.3 Å². The molecule has 1 atom stereocenters. The summed E-state index contributed by atoms with van der Waals surface area (Å²) in [5.41, 5.74) is 1.10. The number of nitrogens with one attached hydrogen (secondary N) is 2. The van der Waals surface area contributed by atoms with Crippen molar-refractivity contribution in [1.82, 2.24) is 25.5 Å². The second-order valence-electron chi connectivity index (χ2n) is 7.61. The van der Waals surface area contributed by atoms with Gasteiger partial charge in [0.05, 0.1) is 10.7 Å². The number of hydrogen-bond acceptors (Lipinski definition) is 6. The monoisotopic (exact) mass is 413 g/mol. The third-order valence-corrected chi connectivity index (χ3v) is 6.32. The Balaban J connectivity index is 1.21. The Morgan fingerprint density at radius 2 is 2.10 bits per heavy atom. The van der Waals surface area contributed by atoms with Crippen LogP contribution in [0.25, 0.3) is 11.3 Å². The molecule has 1 aliphatic carbocycles. The van der Waals surface area contributed by atoms with Crippen molar-refractivity contribution in [2.24, 2.45) is 5.92 Å². The Morgan fingerprint density at radius 1 is 1.34 bits per heavy atom. The van der Waals surface area contributed by atoms with Crippen LogP contribution in [0.5, 0.6) is 0 Å². The number of imide groups is 1. The number of thiazole rings is 1. The zero-order chi connectivity index (χ0) is 20.4. The Bertz CT molecular complexity index is 927. The first-order valence-corrected chi connectivity index (χ1v) is 10.6. The molecule has 0 aromatic carbocycles. The molecule has 0 radical (unpaired) electrons. The average molecular weight is 414 g/mol. The maximum absolute atomic E-state index is 12.5. The fourth-order valence-corrected chi connectivity index (χ4v) is 4.39. The van der Waals surface area contributed by atoms with E-state index < -0.39 is 11.6 Å². The molecule has 3 heterocycles. The van der Waals surface area contributed by atoms with E-state index in [1.165, 1.54) is 0 Å². The van der Waals surface area contributed by atoms with Crippen molar-refractivity contribution in [3.63, 3.8) is 0 Å². The minimum atomic E-state index is -0.852. The molecular weight excluding hydrogens is 390 g/mol. The molecule has 2 aromatic rings. The zero-order valence-corrected chi connectivity index (χ0v) is 17.0. The van der Waals surface area contributed by atoms with Gasteiger partial charge in [-0.1, -0.05) is 0 Å². The van der Waals surface area contributed by atoms with Crippen LogP contribution in [0.1, 0.15) is 31.2 Å². The molecule has 1 aliphatic heterocycles. The number of hydrogen-bond donors (Lipinski definition) is 2. The van der Waals surface area contributed by atoms with Crippen LogP contribution in [0.3, 0.4) is 0 Å². The lowest BCUT2D eigenvalue weighted by Crippen LogP contribution is -2.47. The summed E-state index contributed by atoms with van der Waals surface area (Å²) in [5.74, 6) is -0.445. The number of urea groups is 1. The third kappa shape index (κ3) is 4.14. The molecule has 0 bridgehead atoms. The summed E-state index contributed by atoms with van der Waals surface area (Å²) in [6, 6.07) is 3.36. The van der Waals surface area contributed by atoms with E-state index in [1.807, 2.05) is 17.5 Å². The predicted molar refractivity (Wildman–Crippen MR) is 108 cm³/mol. The maximum Gasteiger partial charge on any atom is 0.325 e. The molecule has 9 heteroatoms. The molecule has 2 aromatic heterocycles. The van der Waals surface area contributed by atoms with Gasteiger partial charge < -0.3 is 10.6 Å². The first-order chi connectivity index (χ1) is 14.0. The summed E-state index contributed by atoms with van der Waals surface area (Å²) in [4.78, 5) is 46.5. The summed E-state index contributed by atoms with van der Waals surface area (Å²) in [5, 5.41) is 8.55. The summed E-state index contributed by atoms with van der Waals surface area (Å²) >= 11 is 1.59. The Kier molecular flexibility index (Phi) is 5.31. The fraction of sp³-hybridized carbons (Fsp3) is 0.450. The highest BCUT2D eigenvalue weighted by Crippen LogP contribution is 2.42. The normalized spacial score (nSPS) is 21.3. The van der Waals surface area contributed by atoms with Crippen LogP contribution >= 0.6 is 11.3 Å². The molecule has 1 saturated heterocycles. The number of rotatable bonds is 8. The van der Waals surface area contributed by atoms with Crippen molar-refractivity contribution >= 4 is 29.2 Å². The first-order valence-electron chi connectivity index (χ1n) is 9.73. The van der Waals surface area contributed by atoms with Gasteiger partial charge in [0.25, 0.3) is 5.91 Å². The van der Waals surface area contributed by atoms with E-state index in [4.69, 9.17) is 0 Å². The number of nitrogens with zero attached hydrogens (tertiary/aromatic N) is 3. The van der Waals surface area contributed by atoms with Gasteiger partial charge >= 0.3 is 6.03 Å². The van der Waals surface area contributed by atoms with Gasteiger partial charge in [0, 0.05) is 36.3 Å². The fourth-order valence-electron chi connectivity index (χ4n) is 3.54. The number of amides is 4. The smallest absolute Gasteiger partial charge is 0.325 e. The molecule has 2 aliphatic rings. The number of aryl methyl sites for hydroxylation is 1. The van der Waals surface area contributed by atoms with Crippen molar-refractivity contribution in [2.75, 3.05) is 13.1 Å². The van der Waals surface area contributed by atoms with E-state index in [2.05, 4.69) is 20.6 Å². The Hall–Kier alpha value is -2.81. The lowest BCUT2D eigenvalue weighted by atomic mass is 9.96. The molecule has 2 fully saturated rings. The van der Waals surface area contributed by atoms with Crippen LogP contribution < -0.4 is 10.6 Å². The summed E-state index contributed by atoms with van der Waals surface area (Å²) < 4.78 is 0. The first kappa shape index (κ1) is 19.5. The van der Waals surface area contributed by atoms with Gasteiger partial charge in [0.15, 0.2) is 0 Å². The standard InChI is InChI=1S/C20H23N5O3S/c1-20(14-4-5-14)18(27)25(19(28)24-20)11-16(26)22-8-2-3-17-23-15(12-29-17)13-6-9-21-10-7-13/h6-7,9-10,12,14H,2-5,8,11H2,1H3,(H,22,26)(H,24,28). The molecule has 152 valence electrons. The number of aromatic nitrogens is 2. The van der Waals surface area contributed by atoms with Crippen LogP contribution in [-0.2, 0) is 16.0 Å². The van der Waals surface area contributed by atoms with E-state index in [0.717, 1.165) is 46.8 Å². The Morgan fingerprint density at radius 3 is 2.83 bits per heavy atom. The lowest BCUT2D eigenvalue weighted by molar-refractivity contribution is -0.135. The van der Waals surface area contributed by atoms with Crippen LogP contribution in [0.15, 0.2) is 29.9 Å². The van der Waals surface area contributed by atoms with Crippen molar-refractivity contribution < 1.29 is 14.4 Å². The van der Waals surface area contributed by atoms with Gasteiger partial charge in [0.2, 0.25) is 5.91 Å². The molecule has 4 rings (SSSR count). The highest BCUT2D eigenvalue weighted by atomic mass is 32.1. The van der Waals surface area contributed by atoms with Gasteiger partial charge in [-0.25, -0.2) is 9.78 Å². The quantitative estimate of drug-likeness (QED) is 0.509. The maximum atomic E-state index is 12.5. The topological polar surface area (TPSA) is 104 Å². The van der Waals surface area contributed by atoms with Crippen molar-refractivity contribution in [1.29, 1.82) is 0 Å². The molecule has 0 spiro atoms. The van der Waals surface area contributed by atoms with Gasteiger partial charge in [-0.2, -0.15) is 0 Å². The van der Waals surface area contributed by atoms with E-state index >= 15 is 0 Å². The second kappa shape index (κ2) is 7.90. The minimum Gasteiger partial charge on any atom is -0.355 e. The number of carbonyl (C=O) groups is 3. The predicted octanol–water partition coefficient (Wildman–Crippen LogP) is 1.97. The highest BCUT2D eigenvalue weighted by molar-refractivity contribution is 7.09. The highest BCUT2D eigenvalue weighted by Gasteiger charge is 2.56. The van der Waals surface area contributed by atoms with E-state index in [-0.39, 0.29) is 24.3 Å². The zero-order valence-electron chi connectivity index (χ0n) is 16.2. The van der Waals surface area contributed by atoms with Crippen molar-refractivity contribution in [3.8, 4) is 11.3 Å². The second-order valence-corrected chi connectivity index (χ2v) is 8.56. The average Bonchev–Trinajstić information content (AvgIpc) is 3.44. The Labute approximate surface area is 172 Å². The third-order valence-electron chi connectivity index (χ3n) is 5.41. The van der Waals surface area contributed by atoms with Crippen LogP contribution in [0.4, 0.5) is 4.79 Å².